The maximum absolute atomic E-state index is 13.3. The van der Waals surface area contributed by atoms with Gasteiger partial charge in [-0.3, -0.25) is 9.59 Å². The first-order valence-electron chi connectivity index (χ1n) is 9.91. The Kier molecular flexibility index (Phi) is 7.61. The lowest BCUT2D eigenvalue weighted by atomic mass is 9.93. The van der Waals surface area contributed by atoms with Crippen LogP contribution in [0.4, 0.5) is 4.39 Å². The minimum Gasteiger partial charge on any atom is -0.496 e. The third-order valence-corrected chi connectivity index (χ3v) is 5.26. The number of alkyl halides is 1. The van der Waals surface area contributed by atoms with E-state index in [0.29, 0.717) is 52.3 Å². The fraction of sp³-hybridized carbons (Fsp3) is 0.261. The van der Waals surface area contributed by atoms with Crippen LogP contribution in [0.25, 0.3) is 11.3 Å². The van der Waals surface area contributed by atoms with E-state index in [2.05, 4.69) is 4.98 Å². The van der Waals surface area contributed by atoms with Gasteiger partial charge >= 0.3 is 0 Å². The summed E-state index contributed by atoms with van der Waals surface area (Å²) in [7, 11) is 1.46. The van der Waals surface area contributed by atoms with Gasteiger partial charge in [-0.25, -0.2) is 20.2 Å². The molecular formula is C23H23ClFN3O4. The molecule has 0 bridgehead atoms. The van der Waals surface area contributed by atoms with Gasteiger partial charge in [0.25, 0.3) is 11.8 Å². The van der Waals surface area contributed by atoms with Crippen molar-refractivity contribution in [3.63, 3.8) is 0 Å². The van der Waals surface area contributed by atoms with E-state index in [9.17, 15) is 14.0 Å². The summed E-state index contributed by atoms with van der Waals surface area (Å²) in [6, 6.07) is 10.2. The number of hydrogen-bond acceptors (Lipinski definition) is 6. The molecule has 1 unspecified atom stereocenters. The first-order chi connectivity index (χ1) is 15.3. The number of nitrogens with two attached hydrogens (primary N) is 1. The Hall–Kier alpha value is -3.23. The van der Waals surface area contributed by atoms with Crippen molar-refractivity contribution < 1.29 is 23.1 Å². The molecule has 0 aliphatic heterocycles. The lowest BCUT2D eigenvalue weighted by molar-refractivity contribution is -0.130. The molecule has 9 heteroatoms. The summed E-state index contributed by atoms with van der Waals surface area (Å²) in [5.74, 6) is 5.14. The topological polar surface area (TPSA) is 98.7 Å². The number of halogens is 2. The highest BCUT2D eigenvalue weighted by Gasteiger charge is 2.29. The number of aromatic nitrogens is 1. The molecule has 0 radical (unpaired) electrons. The molecular weight excluding hydrogens is 437 g/mol. The average molecular weight is 460 g/mol. The Bertz CT molecular complexity index is 1100. The van der Waals surface area contributed by atoms with Gasteiger partial charge in [0.2, 0.25) is 0 Å². The molecule has 0 saturated heterocycles. The van der Waals surface area contributed by atoms with Crippen molar-refractivity contribution in [1.29, 1.82) is 0 Å². The van der Waals surface area contributed by atoms with Crippen LogP contribution in [0.3, 0.4) is 0 Å². The molecule has 32 heavy (non-hydrogen) atoms. The van der Waals surface area contributed by atoms with Gasteiger partial charge in [0.1, 0.15) is 11.6 Å². The number of ether oxygens (including phenoxy) is 1. The van der Waals surface area contributed by atoms with Crippen LogP contribution in [0, 0.1) is 12.7 Å². The molecule has 3 aromatic rings. The van der Waals surface area contributed by atoms with E-state index in [1.165, 1.54) is 43.5 Å². The van der Waals surface area contributed by atoms with E-state index in [4.69, 9.17) is 26.6 Å². The SMILES string of the molecule is COc1cc(C(=O)N(N)C(=O)C(CCCCl)c2ccc(F)cc2)ccc1-c1cnc(C)o1. The number of hydrazine groups is 1. The number of imide groups is 1. The largest absolute Gasteiger partial charge is 0.496 e. The summed E-state index contributed by atoms with van der Waals surface area (Å²) < 4.78 is 24.2. The summed E-state index contributed by atoms with van der Waals surface area (Å²) in [6.45, 7) is 1.72. The molecule has 0 aliphatic carbocycles. The Morgan fingerprint density at radius 1 is 1.25 bits per heavy atom. The molecule has 1 heterocycles. The number of carbonyl (C=O) groups is 2. The fourth-order valence-corrected chi connectivity index (χ4v) is 3.48. The molecule has 1 atom stereocenters. The first kappa shape index (κ1) is 23.4. The molecule has 2 amide bonds. The van der Waals surface area contributed by atoms with Crippen LogP contribution >= 0.6 is 11.6 Å². The van der Waals surface area contributed by atoms with E-state index in [1.54, 1.807) is 19.2 Å². The summed E-state index contributed by atoms with van der Waals surface area (Å²) >= 11 is 5.79. The number of oxazole rings is 1. The highest BCUT2D eigenvalue weighted by atomic mass is 35.5. The van der Waals surface area contributed by atoms with Crippen molar-refractivity contribution in [2.24, 2.45) is 5.84 Å². The van der Waals surface area contributed by atoms with Crippen molar-refractivity contribution >= 4 is 23.4 Å². The van der Waals surface area contributed by atoms with E-state index in [-0.39, 0.29) is 5.56 Å². The van der Waals surface area contributed by atoms with Gasteiger partial charge in [-0.2, -0.15) is 0 Å². The zero-order valence-corrected chi connectivity index (χ0v) is 18.4. The smallest absolute Gasteiger partial charge is 0.275 e. The molecule has 0 fully saturated rings. The fourth-order valence-electron chi connectivity index (χ4n) is 3.33. The van der Waals surface area contributed by atoms with Gasteiger partial charge in [-0.05, 0) is 48.7 Å². The van der Waals surface area contributed by atoms with Gasteiger partial charge in [0, 0.05) is 18.4 Å². The second-order valence-electron chi connectivity index (χ2n) is 7.11. The second kappa shape index (κ2) is 10.4. The Balaban J connectivity index is 1.86. The Morgan fingerprint density at radius 2 is 1.97 bits per heavy atom. The molecule has 0 saturated carbocycles. The third kappa shape index (κ3) is 5.15. The van der Waals surface area contributed by atoms with Crippen molar-refractivity contribution in [3.05, 3.63) is 71.5 Å². The summed E-state index contributed by atoms with van der Waals surface area (Å²) in [6.07, 6.45) is 2.44. The molecule has 1 aromatic heterocycles. The molecule has 168 valence electrons. The van der Waals surface area contributed by atoms with Crippen LogP contribution in [0.1, 0.15) is 40.6 Å². The maximum atomic E-state index is 13.3. The quantitative estimate of drug-likeness (QED) is 0.231. The number of carbonyl (C=O) groups excluding carboxylic acids is 2. The molecule has 0 aliphatic rings. The number of aryl methyl sites for hydroxylation is 1. The van der Waals surface area contributed by atoms with Crippen LogP contribution in [0.5, 0.6) is 5.75 Å². The van der Waals surface area contributed by atoms with E-state index in [0.717, 1.165) is 0 Å². The first-order valence-corrected chi connectivity index (χ1v) is 10.4. The normalized spacial score (nSPS) is 11.8. The molecule has 0 spiro atoms. The van der Waals surface area contributed by atoms with E-state index >= 15 is 0 Å². The molecule has 3 rings (SSSR count). The van der Waals surface area contributed by atoms with Crippen LogP contribution in [0.2, 0.25) is 0 Å². The number of hydrogen-bond donors (Lipinski definition) is 1. The van der Waals surface area contributed by atoms with Crippen LogP contribution in [-0.4, -0.2) is 34.8 Å². The predicted molar refractivity (Wildman–Crippen MR) is 118 cm³/mol. The third-order valence-electron chi connectivity index (χ3n) is 4.99. The average Bonchev–Trinajstić information content (AvgIpc) is 3.24. The molecule has 2 aromatic carbocycles. The standard InChI is InChI=1S/C23H23ClFN3O4/c1-14-27-13-21(32-14)19-10-7-16(12-20(19)31-2)22(29)28(26)23(30)18(4-3-11-24)15-5-8-17(25)9-6-15/h5-10,12-13,18H,3-4,11,26H2,1-2H3. The highest BCUT2D eigenvalue weighted by molar-refractivity contribution is 6.17. The number of methoxy groups -OCH3 is 1. The Labute approximate surface area is 189 Å². The van der Waals surface area contributed by atoms with E-state index in [1.807, 2.05) is 0 Å². The summed E-state index contributed by atoms with van der Waals surface area (Å²) in [4.78, 5) is 30.1. The minimum absolute atomic E-state index is 0.160. The lowest BCUT2D eigenvalue weighted by Crippen LogP contribution is -2.45. The van der Waals surface area contributed by atoms with Crippen molar-refractivity contribution in [2.75, 3.05) is 13.0 Å². The zero-order valence-electron chi connectivity index (χ0n) is 17.7. The monoisotopic (exact) mass is 459 g/mol. The van der Waals surface area contributed by atoms with Gasteiger partial charge in [-0.15, -0.1) is 11.6 Å². The number of amides is 2. The number of benzene rings is 2. The molecule has 2 N–H and O–H groups in total. The number of rotatable bonds is 8. The van der Waals surface area contributed by atoms with Gasteiger partial charge in [0.05, 0.1) is 24.8 Å². The maximum Gasteiger partial charge on any atom is 0.275 e. The summed E-state index contributed by atoms with van der Waals surface area (Å²) in [5.41, 5.74) is 1.32. The highest BCUT2D eigenvalue weighted by Crippen LogP contribution is 2.32. The van der Waals surface area contributed by atoms with Crippen molar-refractivity contribution in [1.82, 2.24) is 9.99 Å². The van der Waals surface area contributed by atoms with Gasteiger partial charge in [0.15, 0.2) is 11.7 Å². The van der Waals surface area contributed by atoms with Gasteiger partial charge in [-0.1, -0.05) is 12.1 Å². The second-order valence-corrected chi connectivity index (χ2v) is 7.49. The molecule has 7 nitrogen and oxygen atoms in total. The van der Waals surface area contributed by atoms with Crippen molar-refractivity contribution in [3.8, 4) is 17.1 Å². The summed E-state index contributed by atoms with van der Waals surface area (Å²) in [5, 5.41) is 0.579. The van der Waals surface area contributed by atoms with Gasteiger partial charge < -0.3 is 9.15 Å². The van der Waals surface area contributed by atoms with Crippen LogP contribution in [-0.2, 0) is 4.79 Å². The van der Waals surface area contributed by atoms with E-state index < -0.39 is 23.5 Å². The van der Waals surface area contributed by atoms with Crippen molar-refractivity contribution in [2.45, 2.75) is 25.7 Å². The lowest BCUT2D eigenvalue weighted by Gasteiger charge is -2.22. The van der Waals surface area contributed by atoms with Crippen LogP contribution < -0.4 is 10.6 Å². The van der Waals surface area contributed by atoms with Crippen LogP contribution in [0.15, 0.2) is 53.1 Å². The number of nitrogens with zero attached hydrogens (tertiary/aromatic N) is 2. The minimum atomic E-state index is -0.735. The zero-order chi connectivity index (χ0) is 23.3. The Morgan fingerprint density at radius 3 is 2.56 bits per heavy atom. The predicted octanol–water partition coefficient (Wildman–Crippen LogP) is 4.44.